The Hall–Kier alpha value is -1.42. The van der Waals surface area contributed by atoms with Crippen LogP contribution in [-0.4, -0.2) is 15.6 Å². The first kappa shape index (κ1) is 14.5. The molecule has 0 saturated carbocycles. The molecular weight excluding hydrogens is 328 g/mol. The van der Waals surface area contributed by atoms with Crippen LogP contribution in [0, 0.1) is 0 Å². The summed E-state index contributed by atoms with van der Waals surface area (Å²) < 4.78 is 2.83. The van der Waals surface area contributed by atoms with Crippen molar-refractivity contribution in [2.75, 3.05) is 0 Å². The predicted octanol–water partition coefficient (Wildman–Crippen LogP) is 3.59. The minimum absolute atomic E-state index is 0.0491. The van der Waals surface area contributed by atoms with Crippen LogP contribution in [0.15, 0.2) is 28.7 Å². The van der Waals surface area contributed by atoms with E-state index < -0.39 is 0 Å². The zero-order valence-corrected chi connectivity index (χ0v) is 14.0. The van der Waals surface area contributed by atoms with Crippen molar-refractivity contribution in [2.24, 2.45) is 7.05 Å². The smallest absolute Gasteiger partial charge is 0.146 e. The van der Waals surface area contributed by atoms with E-state index in [0.717, 1.165) is 35.1 Å². The summed E-state index contributed by atoms with van der Waals surface area (Å²) in [5.74, 6) is 0.347. The number of hydrogen-bond donors (Lipinski definition) is 0. The number of ketones is 1. The molecule has 3 nitrogen and oxygen atoms in total. The Morgan fingerprint density at radius 2 is 2.19 bits per heavy atom. The topological polar surface area (TPSA) is 34.9 Å². The summed E-state index contributed by atoms with van der Waals surface area (Å²) in [5, 5.41) is 4.47. The summed E-state index contributed by atoms with van der Waals surface area (Å²) in [7, 11) is 1.91. The largest absolute Gasteiger partial charge is 0.299 e. The molecule has 0 bridgehead atoms. The maximum Gasteiger partial charge on any atom is 0.146 e. The third-order valence-corrected chi connectivity index (χ3v) is 5.28. The van der Waals surface area contributed by atoms with Gasteiger partial charge in [0, 0.05) is 13.0 Å². The molecule has 0 fully saturated rings. The van der Waals surface area contributed by atoms with Gasteiger partial charge in [-0.3, -0.25) is 9.48 Å². The van der Waals surface area contributed by atoms with Crippen molar-refractivity contribution in [1.82, 2.24) is 9.78 Å². The third-order valence-electron chi connectivity index (χ3n) is 4.37. The van der Waals surface area contributed by atoms with E-state index in [1.165, 1.54) is 11.1 Å². The molecule has 1 heterocycles. The van der Waals surface area contributed by atoms with Crippen molar-refractivity contribution < 1.29 is 4.79 Å². The van der Waals surface area contributed by atoms with Gasteiger partial charge in [0.25, 0.3) is 0 Å². The Kier molecular flexibility index (Phi) is 3.98. The van der Waals surface area contributed by atoms with E-state index in [1.54, 1.807) is 0 Å². The number of hydrogen-bond acceptors (Lipinski definition) is 2. The molecule has 3 rings (SSSR count). The van der Waals surface area contributed by atoms with Crippen LogP contribution in [0.4, 0.5) is 0 Å². The first-order valence-electron chi connectivity index (χ1n) is 7.42. The number of aryl methyl sites for hydroxylation is 3. The molecule has 4 heteroatoms. The zero-order chi connectivity index (χ0) is 15.0. The fraction of sp³-hybridized carbons (Fsp3) is 0.412. The predicted molar refractivity (Wildman–Crippen MR) is 86.5 cm³/mol. The molecule has 110 valence electrons. The molecule has 0 radical (unpaired) electrons. The lowest BCUT2D eigenvalue weighted by Gasteiger charge is -2.11. The monoisotopic (exact) mass is 346 g/mol. The average molecular weight is 347 g/mol. The number of benzene rings is 1. The van der Waals surface area contributed by atoms with Crippen LogP contribution in [0.25, 0.3) is 0 Å². The normalized spacial score (nSPS) is 17.0. The Labute approximate surface area is 133 Å². The van der Waals surface area contributed by atoms with Crippen LogP contribution >= 0.6 is 15.9 Å². The number of rotatable bonds is 4. The first-order chi connectivity index (χ1) is 10.1. The van der Waals surface area contributed by atoms with E-state index >= 15 is 0 Å². The highest BCUT2D eigenvalue weighted by Gasteiger charge is 2.29. The fourth-order valence-electron chi connectivity index (χ4n) is 3.19. The van der Waals surface area contributed by atoms with E-state index in [2.05, 4.69) is 46.2 Å². The Balaban J connectivity index is 1.84. The molecule has 1 atom stereocenters. The van der Waals surface area contributed by atoms with Gasteiger partial charge in [-0.15, -0.1) is 0 Å². The summed E-state index contributed by atoms with van der Waals surface area (Å²) in [6.07, 6.45) is 3.27. The van der Waals surface area contributed by atoms with Gasteiger partial charge in [-0.25, -0.2) is 0 Å². The van der Waals surface area contributed by atoms with Crippen LogP contribution < -0.4 is 0 Å². The molecule has 2 aromatic rings. The van der Waals surface area contributed by atoms with E-state index in [-0.39, 0.29) is 5.92 Å². The summed E-state index contributed by atoms with van der Waals surface area (Å²) in [5.41, 5.74) is 4.55. The minimum atomic E-state index is 0.0491. The second-order valence-electron chi connectivity index (χ2n) is 5.62. The van der Waals surface area contributed by atoms with Crippen molar-refractivity contribution in [2.45, 2.75) is 38.5 Å². The molecule has 0 N–H and O–H groups in total. The Bertz CT molecular complexity index is 690. The SMILES string of the molecule is CCc1nn(C)c(CC(=O)C2CCc3ccccc32)c1Br. The molecule has 21 heavy (non-hydrogen) atoms. The summed E-state index contributed by atoms with van der Waals surface area (Å²) >= 11 is 3.60. The van der Waals surface area contributed by atoms with Gasteiger partial charge in [-0.1, -0.05) is 31.2 Å². The standard InChI is InChI=1S/C17H19BrN2O/c1-3-14-17(18)15(20(2)19-14)10-16(21)13-9-8-11-6-4-5-7-12(11)13/h4-7,13H,3,8-10H2,1-2H3. The second-order valence-corrected chi connectivity index (χ2v) is 6.41. The van der Waals surface area contributed by atoms with Crippen molar-refractivity contribution >= 4 is 21.7 Å². The van der Waals surface area contributed by atoms with Crippen LogP contribution in [0.5, 0.6) is 0 Å². The lowest BCUT2D eigenvalue weighted by molar-refractivity contribution is -0.119. The number of carbonyl (C=O) groups excluding carboxylic acids is 1. The highest BCUT2D eigenvalue weighted by Crippen LogP contribution is 2.35. The third kappa shape index (κ3) is 2.57. The highest BCUT2D eigenvalue weighted by atomic mass is 79.9. The van der Waals surface area contributed by atoms with Gasteiger partial charge >= 0.3 is 0 Å². The van der Waals surface area contributed by atoms with E-state index in [9.17, 15) is 4.79 Å². The summed E-state index contributed by atoms with van der Waals surface area (Å²) in [6, 6.07) is 8.31. The van der Waals surface area contributed by atoms with Gasteiger partial charge < -0.3 is 0 Å². The molecule has 1 aromatic carbocycles. The molecule has 1 aromatic heterocycles. The lowest BCUT2D eigenvalue weighted by atomic mass is 9.94. The molecule has 1 aliphatic rings. The van der Waals surface area contributed by atoms with E-state index in [1.807, 2.05) is 17.8 Å². The maximum atomic E-state index is 12.7. The quantitative estimate of drug-likeness (QED) is 0.847. The van der Waals surface area contributed by atoms with Gasteiger partial charge in [0.1, 0.15) is 5.78 Å². The number of halogens is 1. The van der Waals surface area contributed by atoms with Crippen molar-refractivity contribution in [3.8, 4) is 0 Å². The lowest BCUT2D eigenvalue weighted by Crippen LogP contribution is -2.15. The van der Waals surface area contributed by atoms with Gasteiger partial charge in [0.15, 0.2) is 0 Å². The van der Waals surface area contributed by atoms with Crippen molar-refractivity contribution in [1.29, 1.82) is 0 Å². The molecule has 0 saturated heterocycles. The van der Waals surface area contributed by atoms with Crippen LogP contribution in [0.1, 0.15) is 41.8 Å². The minimum Gasteiger partial charge on any atom is -0.299 e. The van der Waals surface area contributed by atoms with Gasteiger partial charge in [0.05, 0.1) is 22.3 Å². The number of carbonyl (C=O) groups is 1. The van der Waals surface area contributed by atoms with Crippen molar-refractivity contribution in [3.63, 3.8) is 0 Å². The zero-order valence-electron chi connectivity index (χ0n) is 12.4. The molecule has 0 amide bonds. The first-order valence-corrected chi connectivity index (χ1v) is 8.21. The van der Waals surface area contributed by atoms with Crippen LogP contribution in [-0.2, 0) is 31.1 Å². The van der Waals surface area contributed by atoms with Crippen LogP contribution in [0.3, 0.4) is 0 Å². The molecule has 0 spiro atoms. The summed E-state index contributed by atoms with van der Waals surface area (Å²) in [6.45, 7) is 2.08. The number of Topliss-reactive ketones (excluding diaryl/α,β-unsaturated/α-hetero) is 1. The highest BCUT2D eigenvalue weighted by molar-refractivity contribution is 9.10. The van der Waals surface area contributed by atoms with Crippen LogP contribution in [0.2, 0.25) is 0 Å². The van der Waals surface area contributed by atoms with Crippen molar-refractivity contribution in [3.05, 3.63) is 51.3 Å². The maximum absolute atomic E-state index is 12.7. The molecule has 1 aliphatic carbocycles. The number of aromatic nitrogens is 2. The summed E-state index contributed by atoms with van der Waals surface area (Å²) in [4.78, 5) is 12.7. The molecular formula is C17H19BrN2O. The molecule has 0 aliphatic heterocycles. The Morgan fingerprint density at radius 1 is 1.43 bits per heavy atom. The second kappa shape index (κ2) is 5.76. The Morgan fingerprint density at radius 3 is 2.90 bits per heavy atom. The van der Waals surface area contributed by atoms with Gasteiger partial charge in [0.2, 0.25) is 0 Å². The van der Waals surface area contributed by atoms with Gasteiger partial charge in [-0.05, 0) is 46.3 Å². The average Bonchev–Trinajstić information content (AvgIpc) is 3.03. The van der Waals surface area contributed by atoms with E-state index in [4.69, 9.17) is 0 Å². The van der Waals surface area contributed by atoms with E-state index in [0.29, 0.717) is 12.2 Å². The fourth-order valence-corrected chi connectivity index (χ4v) is 3.95. The number of fused-ring (bicyclic) bond motifs is 1. The number of nitrogens with zero attached hydrogens (tertiary/aromatic N) is 2. The molecule has 1 unspecified atom stereocenters. The van der Waals surface area contributed by atoms with Gasteiger partial charge in [-0.2, -0.15) is 5.10 Å².